The molecule has 3 aliphatic rings. The number of nitrogens with zero attached hydrogens (tertiary/aromatic N) is 7. The van der Waals surface area contributed by atoms with Crippen LogP contribution in [0.25, 0.3) is 11.4 Å². The number of pyridine rings is 1. The lowest BCUT2D eigenvalue weighted by Crippen LogP contribution is -2.63. The maximum atomic E-state index is 13.8. The molecule has 1 saturated heterocycles. The summed E-state index contributed by atoms with van der Waals surface area (Å²) in [6, 6.07) is 3.86. The number of hydrogen-bond donors (Lipinski definition) is 2. The molecule has 1 aromatic heterocycles. The first-order valence-electron chi connectivity index (χ1n) is 12.4. The largest absolute Gasteiger partial charge is 0.434 e. The van der Waals surface area contributed by atoms with Crippen molar-refractivity contribution in [2.75, 3.05) is 25.0 Å². The monoisotopic (exact) mass is 552 g/mol. The normalized spacial score (nSPS) is 16.1. The van der Waals surface area contributed by atoms with Gasteiger partial charge in [-0.2, -0.15) is 9.83 Å². The van der Waals surface area contributed by atoms with E-state index in [0.29, 0.717) is 36.8 Å². The second kappa shape index (κ2) is 10.4. The minimum absolute atomic E-state index is 0.0306. The Hall–Kier alpha value is -4.72. The second-order valence-corrected chi connectivity index (χ2v) is 9.98. The van der Waals surface area contributed by atoms with Gasteiger partial charge in [-0.25, -0.2) is 18.7 Å². The number of benzene rings is 1. The number of halogens is 2. The molecule has 5 rings (SSSR count). The number of carbonyl (C=O) groups excluding carboxylic acids is 2. The zero-order chi connectivity index (χ0) is 28.6. The predicted molar refractivity (Wildman–Crippen MR) is 137 cm³/mol. The van der Waals surface area contributed by atoms with Crippen LogP contribution in [-0.4, -0.2) is 82.9 Å². The van der Waals surface area contributed by atoms with Gasteiger partial charge in [0.05, 0.1) is 41.3 Å². The first kappa shape index (κ1) is 26.9. The van der Waals surface area contributed by atoms with Crippen LogP contribution in [0.4, 0.5) is 14.6 Å². The molecule has 1 unspecified atom stereocenters. The first-order valence-corrected chi connectivity index (χ1v) is 12.4. The average molecular weight is 553 g/mol. The summed E-state index contributed by atoms with van der Waals surface area (Å²) < 4.78 is 33.0. The van der Waals surface area contributed by atoms with Gasteiger partial charge < -0.3 is 20.2 Å². The van der Waals surface area contributed by atoms with Gasteiger partial charge >= 0.3 is 0 Å². The zero-order valence-corrected chi connectivity index (χ0v) is 21.9. The molecule has 0 spiro atoms. The van der Waals surface area contributed by atoms with Crippen molar-refractivity contribution in [3.05, 3.63) is 66.3 Å². The number of carbonyl (C=O) groups is 2. The standard InChI is InChI=1S/C26H26F2N8O4/c1-15(24(37)32-21-12-30-22(13-29-21)40-20-5-4-16(27)10-19(20)28)34-8-9-35(26(2,3)14-34)25(38)17-6-7-36(39)23-18(17)11-31-33-23/h4-7,10-13,15,39H,8-9,14H2,1-3H3,(H,29,32,37). The Kier molecular flexibility index (Phi) is 7.02. The molecule has 14 heteroatoms. The van der Waals surface area contributed by atoms with Gasteiger partial charge in [0.15, 0.2) is 23.2 Å². The first-order chi connectivity index (χ1) is 19.0. The van der Waals surface area contributed by atoms with Gasteiger partial charge in [-0.1, -0.05) is 0 Å². The summed E-state index contributed by atoms with van der Waals surface area (Å²) in [5, 5.41) is 20.3. The van der Waals surface area contributed by atoms with Crippen LogP contribution in [-0.2, 0) is 4.79 Å². The van der Waals surface area contributed by atoms with E-state index in [2.05, 4.69) is 25.5 Å². The van der Waals surface area contributed by atoms with Crippen LogP contribution in [0.3, 0.4) is 0 Å². The fourth-order valence-electron chi connectivity index (χ4n) is 4.65. The summed E-state index contributed by atoms with van der Waals surface area (Å²) >= 11 is 0. The van der Waals surface area contributed by atoms with E-state index in [9.17, 15) is 23.6 Å². The average Bonchev–Trinajstić information content (AvgIpc) is 3.41. The van der Waals surface area contributed by atoms with E-state index in [4.69, 9.17) is 4.74 Å². The lowest BCUT2D eigenvalue weighted by molar-refractivity contribution is -0.122. The number of nitrogens with one attached hydrogen (secondary N) is 1. The Labute approximate surface area is 227 Å². The second-order valence-electron chi connectivity index (χ2n) is 9.98. The van der Waals surface area contributed by atoms with Gasteiger partial charge in [0.1, 0.15) is 5.82 Å². The number of piperazine rings is 1. The molecule has 12 nitrogen and oxygen atoms in total. The Morgan fingerprint density at radius 3 is 2.62 bits per heavy atom. The van der Waals surface area contributed by atoms with Crippen molar-refractivity contribution < 1.29 is 28.3 Å². The third-order valence-corrected chi connectivity index (χ3v) is 6.79. The van der Waals surface area contributed by atoms with Crippen LogP contribution < -0.4 is 10.1 Å². The number of aromatic nitrogens is 5. The number of rotatable bonds is 6. The molecule has 40 heavy (non-hydrogen) atoms. The molecule has 208 valence electrons. The predicted octanol–water partition coefficient (Wildman–Crippen LogP) is 3.04. The summed E-state index contributed by atoms with van der Waals surface area (Å²) in [5.74, 6) is -2.04. The molecule has 1 atom stereocenters. The maximum absolute atomic E-state index is 13.8. The topological polar surface area (TPSA) is 139 Å². The molecule has 2 amide bonds. The summed E-state index contributed by atoms with van der Waals surface area (Å²) in [4.78, 5) is 38.3. The van der Waals surface area contributed by atoms with Crippen LogP contribution in [0.1, 0.15) is 31.1 Å². The van der Waals surface area contributed by atoms with Gasteiger partial charge in [0.25, 0.3) is 5.91 Å². The number of ether oxygens (including phenoxy) is 1. The zero-order valence-electron chi connectivity index (χ0n) is 21.9. The molecular weight excluding hydrogens is 526 g/mol. The Balaban J connectivity index is 1.20. The molecule has 0 bridgehead atoms. The lowest BCUT2D eigenvalue weighted by Gasteiger charge is -2.48. The van der Waals surface area contributed by atoms with Crippen molar-refractivity contribution in [1.29, 1.82) is 0 Å². The molecule has 2 aromatic rings. The van der Waals surface area contributed by atoms with Crippen LogP contribution in [0, 0.1) is 11.6 Å². The van der Waals surface area contributed by atoms with Crippen LogP contribution in [0.2, 0.25) is 0 Å². The molecule has 3 aliphatic heterocycles. The highest BCUT2D eigenvalue weighted by atomic mass is 19.1. The molecule has 0 radical (unpaired) electrons. The Morgan fingerprint density at radius 1 is 1.12 bits per heavy atom. The van der Waals surface area contributed by atoms with Crippen molar-refractivity contribution in [2.45, 2.75) is 32.4 Å². The highest BCUT2D eigenvalue weighted by Gasteiger charge is 2.40. The third kappa shape index (κ3) is 5.25. The van der Waals surface area contributed by atoms with Gasteiger partial charge in [-0.3, -0.25) is 14.5 Å². The van der Waals surface area contributed by atoms with Crippen molar-refractivity contribution in [3.63, 3.8) is 0 Å². The van der Waals surface area contributed by atoms with Crippen molar-refractivity contribution >= 4 is 17.6 Å². The van der Waals surface area contributed by atoms with Crippen molar-refractivity contribution in [1.82, 2.24) is 34.7 Å². The maximum Gasteiger partial charge on any atom is 0.255 e. The molecule has 4 heterocycles. The van der Waals surface area contributed by atoms with E-state index in [1.807, 2.05) is 18.7 Å². The summed E-state index contributed by atoms with van der Waals surface area (Å²) in [7, 11) is 0. The van der Waals surface area contributed by atoms with Crippen molar-refractivity contribution in [3.8, 4) is 23.0 Å². The van der Waals surface area contributed by atoms with Gasteiger partial charge in [0.2, 0.25) is 11.8 Å². The quantitative estimate of drug-likeness (QED) is 0.346. The minimum Gasteiger partial charge on any atom is -0.434 e. The Bertz CT molecular complexity index is 1530. The van der Waals surface area contributed by atoms with E-state index in [1.165, 1.54) is 30.9 Å². The molecule has 1 aromatic carbocycles. The fourth-order valence-corrected chi connectivity index (χ4v) is 4.65. The minimum atomic E-state index is -0.881. The molecule has 0 aliphatic carbocycles. The number of anilines is 1. The van der Waals surface area contributed by atoms with Crippen LogP contribution >= 0.6 is 0 Å². The summed E-state index contributed by atoms with van der Waals surface area (Å²) in [5.41, 5.74) is 0.204. The molecule has 2 N–H and O–H groups in total. The smallest absolute Gasteiger partial charge is 0.255 e. The van der Waals surface area contributed by atoms with Crippen molar-refractivity contribution in [2.24, 2.45) is 0 Å². The van der Waals surface area contributed by atoms with E-state index >= 15 is 0 Å². The van der Waals surface area contributed by atoms with Gasteiger partial charge in [-0.15, -0.1) is 5.10 Å². The third-order valence-electron chi connectivity index (χ3n) is 6.79. The highest BCUT2D eigenvalue weighted by Crippen LogP contribution is 2.29. The van der Waals surface area contributed by atoms with Gasteiger partial charge in [-0.05, 0) is 39.0 Å². The summed E-state index contributed by atoms with van der Waals surface area (Å²) in [6.45, 7) is 6.83. The van der Waals surface area contributed by atoms with E-state index < -0.39 is 23.2 Å². The SMILES string of the molecule is CC(C(=O)Nc1cnc(Oc2ccc(F)cc2F)cn1)N1CCN(C(=O)c2ccn(O)c3nncc2-3)C(C)(C)C1. The van der Waals surface area contributed by atoms with E-state index in [1.54, 1.807) is 11.8 Å². The molecular formula is C26H26F2N8O4. The van der Waals surface area contributed by atoms with Gasteiger partial charge in [0, 0.05) is 31.9 Å². The number of amides is 2. The molecule has 0 saturated carbocycles. The number of hydrogen-bond acceptors (Lipinski definition) is 9. The van der Waals surface area contributed by atoms with Crippen LogP contribution in [0.15, 0.2) is 49.1 Å². The highest BCUT2D eigenvalue weighted by molar-refractivity contribution is 6.00. The lowest BCUT2D eigenvalue weighted by atomic mass is 9.95. The van der Waals surface area contributed by atoms with E-state index in [0.717, 1.165) is 16.9 Å². The fraction of sp³-hybridized carbons (Fsp3) is 0.308. The summed E-state index contributed by atoms with van der Waals surface area (Å²) in [6.07, 6.45) is 5.27. The van der Waals surface area contributed by atoms with Crippen LogP contribution in [0.5, 0.6) is 11.6 Å². The number of fused-ring (bicyclic) bond motifs is 1. The van der Waals surface area contributed by atoms with E-state index in [-0.39, 0.29) is 35.1 Å². The molecule has 1 fully saturated rings. The Morgan fingerprint density at radius 2 is 1.93 bits per heavy atom.